The molecule has 1 aliphatic rings. The molecule has 2 aromatic carbocycles. The predicted molar refractivity (Wildman–Crippen MR) is 111 cm³/mol. The normalized spacial score (nSPS) is 15.2. The van der Waals surface area contributed by atoms with E-state index in [2.05, 4.69) is 66.6 Å². The van der Waals surface area contributed by atoms with E-state index in [1.165, 1.54) is 72.1 Å². The molecular formula is C24H28N2. The summed E-state index contributed by atoms with van der Waals surface area (Å²) in [4.78, 5) is 7.30. The highest BCUT2D eigenvalue weighted by atomic mass is 15.1. The Morgan fingerprint density at radius 2 is 1.65 bits per heavy atom. The van der Waals surface area contributed by atoms with Crippen molar-refractivity contribution in [1.82, 2.24) is 4.98 Å². The molecule has 0 N–H and O–H groups in total. The number of pyridine rings is 1. The van der Waals surface area contributed by atoms with E-state index in [0.29, 0.717) is 0 Å². The van der Waals surface area contributed by atoms with Crippen molar-refractivity contribution in [3.8, 4) is 0 Å². The summed E-state index contributed by atoms with van der Waals surface area (Å²) in [6, 6.07) is 17.6. The van der Waals surface area contributed by atoms with Crippen LogP contribution < -0.4 is 4.90 Å². The molecule has 0 saturated carbocycles. The van der Waals surface area contributed by atoms with Crippen molar-refractivity contribution in [2.75, 3.05) is 18.0 Å². The van der Waals surface area contributed by atoms with E-state index in [1.54, 1.807) is 0 Å². The average Bonchev–Trinajstić information content (AvgIpc) is 2.97. The lowest BCUT2D eigenvalue weighted by Crippen LogP contribution is -2.25. The summed E-state index contributed by atoms with van der Waals surface area (Å²) in [5.74, 6) is 0. The van der Waals surface area contributed by atoms with Gasteiger partial charge in [-0.3, -0.25) is 4.98 Å². The van der Waals surface area contributed by atoms with Gasteiger partial charge in [-0.15, -0.1) is 0 Å². The van der Waals surface area contributed by atoms with Crippen LogP contribution in [0.25, 0.3) is 10.8 Å². The molecule has 0 atom stereocenters. The van der Waals surface area contributed by atoms with Crippen molar-refractivity contribution in [3.63, 3.8) is 0 Å². The van der Waals surface area contributed by atoms with Gasteiger partial charge in [-0.05, 0) is 60.6 Å². The molecule has 134 valence electrons. The zero-order valence-electron chi connectivity index (χ0n) is 15.7. The zero-order chi connectivity index (χ0) is 17.8. The van der Waals surface area contributed by atoms with Crippen molar-refractivity contribution in [1.29, 1.82) is 0 Å². The monoisotopic (exact) mass is 344 g/mol. The molecule has 0 amide bonds. The number of benzene rings is 2. The number of aromatic nitrogens is 1. The Bertz CT molecular complexity index is 871. The lowest BCUT2D eigenvalue weighted by Gasteiger charge is -2.25. The van der Waals surface area contributed by atoms with Crippen LogP contribution in [0, 0.1) is 6.92 Å². The van der Waals surface area contributed by atoms with Crippen molar-refractivity contribution in [2.24, 2.45) is 0 Å². The first kappa shape index (κ1) is 17.1. The zero-order valence-corrected chi connectivity index (χ0v) is 15.7. The van der Waals surface area contributed by atoms with Gasteiger partial charge in [-0.2, -0.15) is 0 Å². The number of aryl methyl sites for hydroxylation is 3. The quantitative estimate of drug-likeness (QED) is 0.603. The highest BCUT2D eigenvalue weighted by molar-refractivity contribution is 5.85. The Hall–Kier alpha value is -2.35. The molecule has 1 aliphatic heterocycles. The largest absolute Gasteiger partial charge is 0.371 e. The first-order chi connectivity index (χ1) is 12.8. The fourth-order valence-corrected chi connectivity index (χ4v) is 4.12. The molecule has 1 aromatic heterocycles. The lowest BCUT2D eigenvalue weighted by molar-refractivity contribution is 0.726. The number of fused-ring (bicyclic) bond motifs is 1. The number of nitrogens with zero attached hydrogens (tertiary/aromatic N) is 2. The second kappa shape index (κ2) is 7.90. The van der Waals surface area contributed by atoms with E-state index in [9.17, 15) is 0 Å². The van der Waals surface area contributed by atoms with Gasteiger partial charge in [0.1, 0.15) is 0 Å². The van der Waals surface area contributed by atoms with Gasteiger partial charge in [0.2, 0.25) is 0 Å². The van der Waals surface area contributed by atoms with Crippen LogP contribution in [0.3, 0.4) is 0 Å². The molecule has 4 rings (SSSR count). The van der Waals surface area contributed by atoms with Crippen molar-refractivity contribution in [3.05, 3.63) is 71.5 Å². The second-order valence-electron chi connectivity index (χ2n) is 7.50. The van der Waals surface area contributed by atoms with Gasteiger partial charge in [0, 0.05) is 30.7 Å². The number of rotatable bonds is 4. The molecule has 0 aliphatic carbocycles. The minimum absolute atomic E-state index is 0.995. The third kappa shape index (κ3) is 3.75. The van der Waals surface area contributed by atoms with Crippen LogP contribution in [-0.4, -0.2) is 18.1 Å². The summed E-state index contributed by atoms with van der Waals surface area (Å²) >= 11 is 0. The van der Waals surface area contributed by atoms with Crippen LogP contribution in [0.15, 0.2) is 54.7 Å². The Morgan fingerprint density at radius 3 is 2.50 bits per heavy atom. The van der Waals surface area contributed by atoms with Crippen LogP contribution in [0.1, 0.15) is 42.5 Å². The summed E-state index contributed by atoms with van der Waals surface area (Å²) in [6.07, 6.45) is 9.47. The number of hydrogen-bond acceptors (Lipinski definition) is 2. The van der Waals surface area contributed by atoms with Crippen LogP contribution >= 0.6 is 0 Å². The fourth-order valence-electron chi connectivity index (χ4n) is 4.12. The first-order valence-corrected chi connectivity index (χ1v) is 9.98. The third-order valence-electron chi connectivity index (χ3n) is 5.61. The minimum Gasteiger partial charge on any atom is -0.371 e. The van der Waals surface area contributed by atoms with Crippen LogP contribution in [-0.2, 0) is 12.8 Å². The smallest absolute Gasteiger partial charge is 0.0429 e. The lowest BCUT2D eigenvalue weighted by atomic mass is 10.00. The van der Waals surface area contributed by atoms with Crippen LogP contribution in [0.5, 0.6) is 0 Å². The molecule has 0 bridgehead atoms. The van der Waals surface area contributed by atoms with Crippen molar-refractivity contribution in [2.45, 2.75) is 45.4 Å². The third-order valence-corrected chi connectivity index (χ3v) is 5.61. The molecule has 2 heterocycles. The van der Waals surface area contributed by atoms with Crippen LogP contribution in [0.4, 0.5) is 5.69 Å². The number of anilines is 1. The maximum absolute atomic E-state index is 4.73. The van der Waals surface area contributed by atoms with Gasteiger partial charge in [0.15, 0.2) is 0 Å². The van der Waals surface area contributed by atoms with Gasteiger partial charge in [-0.25, -0.2) is 0 Å². The topological polar surface area (TPSA) is 16.1 Å². The van der Waals surface area contributed by atoms with E-state index in [1.807, 2.05) is 0 Å². The van der Waals surface area contributed by atoms with E-state index < -0.39 is 0 Å². The molecule has 1 fully saturated rings. The second-order valence-corrected chi connectivity index (χ2v) is 7.50. The molecular weight excluding hydrogens is 316 g/mol. The Labute approximate surface area is 156 Å². The molecule has 1 saturated heterocycles. The van der Waals surface area contributed by atoms with Gasteiger partial charge < -0.3 is 4.90 Å². The molecule has 26 heavy (non-hydrogen) atoms. The predicted octanol–water partition coefficient (Wildman–Crippen LogP) is 5.71. The summed E-state index contributed by atoms with van der Waals surface area (Å²) < 4.78 is 0. The van der Waals surface area contributed by atoms with Gasteiger partial charge in [-0.1, -0.05) is 55.3 Å². The SMILES string of the molecule is Cc1cnc(CCc2cccc3ccccc23)cc1N1CCCCCC1. The van der Waals surface area contributed by atoms with E-state index in [0.717, 1.165) is 12.8 Å². The van der Waals surface area contributed by atoms with Gasteiger partial charge >= 0.3 is 0 Å². The summed E-state index contributed by atoms with van der Waals surface area (Å²) in [5, 5.41) is 2.70. The van der Waals surface area contributed by atoms with Gasteiger partial charge in [0.25, 0.3) is 0 Å². The van der Waals surface area contributed by atoms with Gasteiger partial charge in [0.05, 0.1) is 0 Å². The molecule has 2 heteroatoms. The van der Waals surface area contributed by atoms with E-state index in [-0.39, 0.29) is 0 Å². The molecule has 0 spiro atoms. The van der Waals surface area contributed by atoms with E-state index in [4.69, 9.17) is 4.98 Å². The van der Waals surface area contributed by atoms with Crippen molar-refractivity contribution < 1.29 is 0 Å². The summed E-state index contributed by atoms with van der Waals surface area (Å²) in [6.45, 7) is 4.57. The summed E-state index contributed by atoms with van der Waals surface area (Å²) in [5.41, 5.74) is 5.33. The Balaban J connectivity index is 1.54. The van der Waals surface area contributed by atoms with Crippen molar-refractivity contribution >= 4 is 16.5 Å². The average molecular weight is 345 g/mol. The minimum atomic E-state index is 0.995. The molecule has 0 unspecified atom stereocenters. The highest BCUT2D eigenvalue weighted by Crippen LogP contribution is 2.25. The van der Waals surface area contributed by atoms with E-state index >= 15 is 0 Å². The first-order valence-electron chi connectivity index (χ1n) is 9.98. The summed E-state index contributed by atoms with van der Waals surface area (Å²) in [7, 11) is 0. The Kier molecular flexibility index (Phi) is 5.19. The molecule has 0 radical (unpaired) electrons. The Morgan fingerprint density at radius 1 is 0.885 bits per heavy atom. The molecule has 2 nitrogen and oxygen atoms in total. The number of hydrogen-bond donors (Lipinski definition) is 0. The maximum atomic E-state index is 4.73. The highest BCUT2D eigenvalue weighted by Gasteiger charge is 2.13. The standard InChI is InChI=1S/C24H28N2/c1-19-18-25-22(17-24(19)26-15-6-2-3-7-16-26)14-13-21-11-8-10-20-9-4-5-12-23(20)21/h4-5,8-12,17-18H,2-3,6-7,13-16H2,1H3. The van der Waals surface area contributed by atoms with Crippen LogP contribution in [0.2, 0.25) is 0 Å². The maximum Gasteiger partial charge on any atom is 0.0429 e. The fraction of sp³-hybridized carbons (Fsp3) is 0.375. The molecule has 3 aromatic rings.